The van der Waals surface area contributed by atoms with E-state index in [4.69, 9.17) is 8.37 Å². The van der Waals surface area contributed by atoms with E-state index < -0.39 is 10.4 Å². The summed E-state index contributed by atoms with van der Waals surface area (Å²) in [6.07, 6.45) is 16.7. The molecule has 0 unspecified atom stereocenters. The van der Waals surface area contributed by atoms with E-state index in [-0.39, 0.29) is 13.2 Å². The second-order valence-electron chi connectivity index (χ2n) is 7.78. The first-order valence-electron chi connectivity index (χ1n) is 11.8. The molecular weight excluding hydrogens is 374 g/mol. The maximum absolute atomic E-state index is 11.8. The van der Waals surface area contributed by atoms with E-state index in [1.54, 1.807) is 0 Å². The minimum atomic E-state index is -3.86. The molecule has 0 saturated heterocycles. The summed E-state index contributed by atoms with van der Waals surface area (Å²) in [4.78, 5) is 2.28. The van der Waals surface area contributed by atoms with Crippen LogP contribution in [-0.4, -0.2) is 46.2 Å². The van der Waals surface area contributed by atoms with E-state index in [1.807, 2.05) is 0 Å². The molecule has 0 rings (SSSR count). The predicted octanol–water partition coefficient (Wildman–Crippen LogP) is 6.09. The minimum Gasteiger partial charge on any atom is -0.301 e. The highest BCUT2D eigenvalue weighted by Gasteiger charge is 2.13. The summed E-state index contributed by atoms with van der Waals surface area (Å²) < 4.78 is 33.7. The number of nitrogens with zero attached hydrogens (tertiary/aromatic N) is 1. The maximum atomic E-state index is 11.8. The maximum Gasteiger partial charge on any atom is 0.399 e. The first-order valence-corrected chi connectivity index (χ1v) is 13.1. The van der Waals surface area contributed by atoms with Crippen molar-refractivity contribution >= 4 is 10.4 Å². The van der Waals surface area contributed by atoms with Crippen molar-refractivity contribution in [2.24, 2.45) is 0 Å². The van der Waals surface area contributed by atoms with E-state index >= 15 is 0 Å². The lowest BCUT2D eigenvalue weighted by Gasteiger charge is -2.21. The fourth-order valence-corrected chi connectivity index (χ4v) is 3.82. The number of unbranched alkanes of at least 4 members (excludes halogenated alkanes) is 11. The van der Waals surface area contributed by atoms with Crippen LogP contribution in [0.2, 0.25) is 0 Å². The molecule has 0 bridgehead atoms. The highest BCUT2D eigenvalue weighted by Crippen LogP contribution is 2.11. The zero-order chi connectivity index (χ0) is 20.9. The van der Waals surface area contributed by atoms with Gasteiger partial charge in [-0.1, -0.05) is 91.4 Å². The van der Waals surface area contributed by atoms with Gasteiger partial charge in [-0.15, -0.1) is 0 Å². The Kier molecular flexibility index (Phi) is 20.0. The minimum absolute atomic E-state index is 0.174. The summed E-state index contributed by atoms with van der Waals surface area (Å²) in [6, 6.07) is 0. The van der Waals surface area contributed by atoms with Crippen LogP contribution in [0.5, 0.6) is 0 Å². The number of rotatable bonds is 22. The molecular formula is C22H47NO4S. The third-order valence-electron chi connectivity index (χ3n) is 5.02. The molecule has 170 valence electrons. The number of hydrogen-bond acceptors (Lipinski definition) is 5. The van der Waals surface area contributed by atoms with Crippen LogP contribution in [-0.2, 0) is 18.8 Å². The van der Waals surface area contributed by atoms with Crippen LogP contribution in [0.1, 0.15) is 111 Å². The molecule has 0 radical (unpaired) electrons. The van der Waals surface area contributed by atoms with E-state index in [1.165, 1.54) is 44.9 Å². The Bertz CT molecular complexity index is 407. The molecule has 6 heteroatoms. The van der Waals surface area contributed by atoms with Gasteiger partial charge in [0.15, 0.2) is 0 Å². The van der Waals surface area contributed by atoms with Crippen molar-refractivity contribution in [3.63, 3.8) is 0 Å². The molecule has 0 aromatic heterocycles. The summed E-state index contributed by atoms with van der Waals surface area (Å²) in [5.74, 6) is 0. The molecule has 0 spiro atoms. The van der Waals surface area contributed by atoms with Crippen molar-refractivity contribution in [2.45, 2.75) is 111 Å². The Morgan fingerprint density at radius 1 is 0.536 bits per heavy atom. The van der Waals surface area contributed by atoms with Crippen molar-refractivity contribution in [3.8, 4) is 0 Å². The molecule has 0 aromatic carbocycles. The monoisotopic (exact) mass is 421 g/mol. The Hall–Kier alpha value is -0.170. The molecule has 0 atom stereocenters. The average molecular weight is 422 g/mol. The van der Waals surface area contributed by atoms with E-state index in [0.29, 0.717) is 6.54 Å². The van der Waals surface area contributed by atoms with Gasteiger partial charge in [0.1, 0.15) is 0 Å². The lowest BCUT2D eigenvalue weighted by atomic mass is 10.1. The third kappa shape index (κ3) is 19.2. The van der Waals surface area contributed by atoms with Gasteiger partial charge in [-0.2, -0.15) is 8.42 Å². The highest BCUT2D eigenvalue weighted by molar-refractivity contribution is 7.81. The van der Waals surface area contributed by atoms with Gasteiger partial charge in [-0.3, -0.25) is 0 Å². The van der Waals surface area contributed by atoms with Gasteiger partial charge in [0, 0.05) is 6.54 Å². The van der Waals surface area contributed by atoms with Crippen LogP contribution in [0.25, 0.3) is 0 Å². The van der Waals surface area contributed by atoms with Gasteiger partial charge in [0.05, 0.1) is 13.2 Å². The van der Waals surface area contributed by atoms with Crippen LogP contribution >= 0.6 is 0 Å². The highest BCUT2D eigenvalue weighted by atomic mass is 32.3. The fraction of sp³-hybridized carbons (Fsp3) is 1.00. The molecule has 0 heterocycles. The zero-order valence-corrected chi connectivity index (χ0v) is 19.7. The Balaban J connectivity index is 3.68. The molecule has 0 amide bonds. The summed E-state index contributed by atoms with van der Waals surface area (Å²) in [6.45, 7) is 9.62. The van der Waals surface area contributed by atoms with Gasteiger partial charge in [-0.25, -0.2) is 8.37 Å². The summed E-state index contributed by atoms with van der Waals surface area (Å²) in [7, 11) is -3.86. The molecule has 0 aliphatic rings. The molecule has 5 nitrogen and oxygen atoms in total. The molecule has 28 heavy (non-hydrogen) atoms. The van der Waals surface area contributed by atoms with Gasteiger partial charge in [0.25, 0.3) is 0 Å². The standard InChI is InChI=1S/C22H47NO4S/c1-4-7-10-11-12-13-14-15-16-17-21-26-28(24,25)27-22-20-23(18-8-5-2)19-9-6-3/h4-22H2,1-3H3. The lowest BCUT2D eigenvalue weighted by Crippen LogP contribution is -2.30. The molecule has 0 saturated carbocycles. The van der Waals surface area contributed by atoms with Gasteiger partial charge in [0.2, 0.25) is 0 Å². The third-order valence-corrected chi connectivity index (χ3v) is 5.93. The second kappa shape index (κ2) is 20.1. The summed E-state index contributed by atoms with van der Waals surface area (Å²) in [5.41, 5.74) is 0. The fourth-order valence-electron chi connectivity index (χ4n) is 3.15. The zero-order valence-electron chi connectivity index (χ0n) is 18.9. The largest absolute Gasteiger partial charge is 0.399 e. The lowest BCUT2D eigenvalue weighted by molar-refractivity contribution is 0.173. The van der Waals surface area contributed by atoms with Crippen molar-refractivity contribution in [2.75, 3.05) is 32.8 Å². The molecule has 0 aromatic rings. The van der Waals surface area contributed by atoms with Crippen molar-refractivity contribution in [3.05, 3.63) is 0 Å². The van der Waals surface area contributed by atoms with Crippen molar-refractivity contribution in [1.29, 1.82) is 0 Å². The van der Waals surface area contributed by atoms with Crippen molar-refractivity contribution in [1.82, 2.24) is 4.90 Å². The van der Waals surface area contributed by atoms with Crippen LogP contribution < -0.4 is 0 Å². The summed E-state index contributed by atoms with van der Waals surface area (Å²) >= 11 is 0. The van der Waals surface area contributed by atoms with Crippen LogP contribution in [0.15, 0.2) is 0 Å². The van der Waals surface area contributed by atoms with Crippen LogP contribution in [0, 0.1) is 0 Å². The van der Waals surface area contributed by atoms with Gasteiger partial charge < -0.3 is 4.90 Å². The Morgan fingerprint density at radius 2 is 0.964 bits per heavy atom. The SMILES string of the molecule is CCCCCCCCCCCCOS(=O)(=O)OCCN(CCCC)CCCC. The van der Waals surface area contributed by atoms with Gasteiger partial charge in [-0.05, 0) is 32.4 Å². The molecule has 0 aliphatic carbocycles. The van der Waals surface area contributed by atoms with Crippen molar-refractivity contribution < 1.29 is 16.8 Å². The topological polar surface area (TPSA) is 55.8 Å². The Labute approximate surface area is 175 Å². The average Bonchev–Trinajstić information content (AvgIpc) is 2.67. The van der Waals surface area contributed by atoms with E-state index in [9.17, 15) is 8.42 Å². The van der Waals surface area contributed by atoms with Crippen LogP contribution in [0.3, 0.4) is 0 Å². The first-order chi connectivity index (χ1) is 13.6. The quantitative estimate of drug-likeness (QED) is 0.198. The number of hydrogen-bond donors (Lipinski definition) is 0. The van der Waals surface area contributed by atoms with E-state index in [0.717, 1.165) is 58.0 Å². The molecule has 0 N–H and O–H groups in total. The summed E-state index contributed by atoms with van der Waals surface area (Å²) in [5, 5.41) is 0. The molecule has 0 aliphatic heterocycles. The Morgan fingerprint density at radius 3 is 1.46 bits per heavy atom. The van der Waals surface area contributed by atoms with Gasteiger partial charge >= 0.3 is 10.4 Å². The normalized spacial score (nSPS) is 12.1. The first kappa shape index (κ1) is 27.8. The smallest absolute Gasteiger partial charge is 0.301 e. The van der Waals surface area contributed by atoms with Crippen LogP contribution in [0.4, 0.5) is 0 Å². The predicted molar refractivity (Wildman–Crippen MR) is 119 cm³/mol. The van der Waals surface area contributed by atoms with E-state index in [2.05, 4.69) is 25.7 Å². The molecule has 0 fully saturated rings. The second-order valence-corrected chi connectivity index (χ2v) is 9.07.